The van der Waals surface area contributed by atoms with Gasteiger partial charge in [0, 0.05) is 11.2 Å². The Morgan fingerprint density at radius 2 is 2.14 bits per heavy atom. The number of carbonyl (C=O) groups excluding carboxylic acids is 1. The Bertz CT molecular complexity index is 417. The van der Waals surface area contributed by atoms with Crippen molar-refractivity contribution in [1.29, 1.82) is 0 Å². The summed E-state index contributed by atoms with van der Waals surface area (Å²) in [6.45, 7) is 0. The zero-order valence-corrected chi connectivity index (χ0v) is 8.01. The predicted octanol–water partition coefficient (Wildman–Crippen LogP) is 0.546. The fraction of sp³-hybridized carbons (Fsp3) is 0. The molecule has 1 heterocycles. The molecule has 1 aromatic carbocycles. The average Bonchev–Trinajstić information content (AvgIpc) is 2.18. The molecule has 14 heavy (non-hydrogen) atoms. The maximum Gasteiger partial charge on any atom is 0.298 e. The van der Waals surface area contributed by atoms with E-state index in [1.807, 2.05) is 6.07 Å². The second-order valence-electron chi connectivity index (χ2n) is 2.78. The predicted molar refractivity (Wildman–Crippen MR) is 53.8 cm³/mol. The molecule has 2 rings (SSSR count). The van der Waals surface area contributed by atoms with Crippen LogP contribution in [0.4, 0.5) is 5.69 Å². The van der Waals surface area contributed by atoms with Crippen molar-refractivity contribution < 1.29 is 9.35 Å². The molecule has 4 nitrogen and oxygen atoms in total. The smallest absolute Gasteiger partial charge is 0.298 e. The molecule has 1 unspecified atom stereocenters. The third kappa shape index (κ3) is 1.36. The van der Waals surface area contributed by atoms with E-state index in [2.05, 4.69) is 5.32 Å². The Morgan fingerprint density at radius 1 is 1.43 bits per heavy atom. The van der Waals surface area contributed by atoms with Crippen molar-refractivity contribution in [2.75, 3.05) is 5.32 Å². The van der Waals surface area contributed by atoms with Gasteiger partial charge in [-0.3, -0.25) is 4.79 Å². The largest absolute Gasteiger partial charge is 0.606 e. The number of para-hydroxylation sites is 1. The fourth-order valence-corrected chi connectivity index (χ4v) is 2.34. The summed E-state index contributed by atoms with van der Waals surface area (Å²) in [5.41, 5.74) is 5.82. The molecule has 5 heteroatoms. The number of hydrogen-bond acceptors (Lipinski definition) is 3. The number of benzene rings is 1. The standard InChI is InChI=1S/C9H8N2O2S/c10-9(12)8-5-11-6-3-1-2-4-7(6)14(8)13/h1-5,11H,(H2,10,12). The molecule has 1 aliphatic heterocycles. The van der Waals surface area contributed by atoms with Crippen LogP contribution in [-0.4, -0.2) is 10.5 Å². The van der Waals surface area contributed by atoms with Gasteiger partial charge in [-0.2, -0.15) is 0 Å². The average molecular weight is 208 g/mol. The molecule has 3 N–H and O–H groups in total. The lowest BCUT2D eigenvalue weighted by Gasteiger charge is -2.18. The first-order valence-electron chi connectivity index (χ1n) is 3.97. The van der Waals surface area contributed by atoms with Crippen LogP contribution in [0.25, 0.3) is 0 Å². The van der Waals surface area contributed by atoms with E-state index in [1.165, 1.54) is 6.20 Å². The van der Waals surface area contributed by atoms with Crippen LogP contribution in [0, 0.1) is 0 Å². The molecule has 1 aliphatic rings. The summed E-state index contributed by atoms with van der Waals surface area (Å²) < 4.78 is 11.8. The van der Waals surface area contributed by atoms with Crippen LogP contribution in [0.5, 0.6) is 0 Å². The van der Waals surface area contributed by atoms with Crippen LogP contribution in [-0.2, 0) is 16.0 Å². The summed E-state index contributed by atoms with van der Waals surface area (Å²) in [6.07, 6.45) is 1.39. The van der Waals surface area contributed by atoms with Gasteiger partial charge in [0.1, 0.15) is 0 Å². The fourth-order valence-electron chi connectivity index (χ4n) is 1.23. The highest BCUT2D eigenvalue weighted by Crippen LogP contribution is 2.30. The first-order valence-corrected chi connectivity index (χ1v) is 5.12. The molecule has 0 fully saturated rings. The summed E-state index contributed by atoms with van der Waals surface area (Å²) in [5.74, 6) is -0.662. The highest BCUT2D eigenvalue weighted by molar-refractivity contribution is 7.96. The summed E-state index contributed by atoms with van der Waals surface area (Å²) in [7, 11) is 0. The molecule has 0 aliphatic carbocycles. The monoisotopic (exact) mass is 208 g/mol. The normalized spacial score (nSPS) is 19.2. The lowest BCUT2D eigenvalue weighted by Crippen LogP contribution is -2.25. The van der Waals surface area contributed by atoms with Crippen molar-refractivity contribution in [1.82, 2.24) is 0 Å². The van der Waals surface area contributed by atoms with Gasteiger partial charge in [-0.1, -0.05) is 12.1 Å². The minimum atomic E-state index is -1.46. The van der Waals surface area contributed by atoms with Gasteiger partial charge >= 0.3 is 0 Å². The van der Waals surface area contributed by atoms with E-state index in [4.69, 9.17) is 5.73 Å². The first-order chi connectivity index (χ1) is 6.70. The molecule has 0 spiro atoms. The maximum atomic E-state index is 11.8. The third-order valence-electron chi connectivity index (χ3n) is 1.89. The third-order valence-corrected chi connectivity index (χ3v) is 3.36. The van der Waals surface area contributed by atoms with Crippen molar-refractivity contribution in [2.24, 2.45) is 5.73 Å². The van der Waals surface area contributed by atoms with Crippen LogP contribution in [0.2, 0.25) is 0 Å². The van der Waals surface area contributed by atoms with E-state index in [1.54, 1.807) is 18.2 Å². The first kappa shape index (κ1) is 9.11. The van der Waals surface area contributed by atoms with Crippen molar-refractivity contribution in [3.05, 3.63) is 35.4 Å². The maximum absolute atomic E-state index is 11.8. The molecule has 72 valence electrons. The molecule has 0 saturated heterocycles. The number of nitrogens with two attached hydrogens (primary N) is 1. The van der Waals surface area contributed by atoms with Crippen molar-refractivity contribution in [2.45, 2.75) is 4.90 Å². The SMILES string of the molecule is NC(=O)C1=CNc2ccccc2[S+]1[O-]. The zero-order valence-electron chi connectivity index (χ0n) is 7.19. The van der Waals surface area contributed by atoms with Crippen molar-refractivity contribution in [3.8, 4) is 0 Å². The van der Waals surface area contributed by atoms with Gasteiger partial charge in [-0.05, 0) is 12.1 Å². The molecule has 0 aromatic heterocycles. The lowest BCUT2D eigenvalue weighted by atomic mass is 10.3. The van der Waals surface area contributed by atoms with Gasteiger partial charge in [0.15, 0.2) is 4.90 Å². The Kier molecular flexibility index (Phi) is 2.18. The highest BCUT2D eigenvalue weighted by atomic mass is 32.2. The number of fused-ring (bicyclic) bond motifs is 1. The van der Waals surface area contributed by atoms with Gasteiger partial charge < -0.3 is 15.6 Å². The summed E-state index contributed by atoms with van der Waals surface area (Å²) >= 11 is -1.46. The molecule has 1 atom stereocenters. The quantitative estimate of drug-likeness (QED) is 0.661. The minimum absolute atomic E-state index is 0.101. The minimum Gasteiger partial charge on any atom is -0.606 e. The number of anilines is 1. The molecular weight excluding hydrogens is 200 g/mol. The zero-order chi connectivity index (χ0) is 10.1. The Balaban J connectivity index is 2.44. The van der Waals surface area contributed by atoms with E-state index in [0.717, 1.165) is 5.69 Å². The molecule has 0 saturated carbocycles. The number of amides is 1. The van der Waals surface area contributed by atoms with Crippen LogP contribution in [0.3, 0.4) is 0 Å². The van der Waals surface area contributed by atoms with Crippen LogP contribution >= 0.6 is 0 Å². The summed E-state index contributed by atoms with van der Waals surface area (Å²) in [6, 6.07) is 7.09. The Hall–Kier alpha value is -1.46. The number of nitrogens with one attached hydrogen (secondary N) is 1. The second-order valence-corrected chi connectivity index (χ2v) is 4.20. The van der Waals surface area contributed by atoms with Crippen LogP contribution < -0.4 is 11.1 Å². The molecule has 1 amide bonds. The van der Waals surface area contributed by atoms with Crippen LogP contribution in [0.15, 0.2) is 40.3 Å². The highest BCUT2D eigenvalue weighted by Gasteiger charge is 2.29. The second kappa shape index (κ2) is 3.36. The van der Waals surface area contributed by atoms with Gasteiger partial charge in [0.2, 0.25) is 4.91 Å². The van der Waals surface area contributed by atoms with E-state index in [-0.39, 0.29) is 4.91 Å². The number of hydrogen-bond donors (Lipinski definition) is 2. The van der Waals surface area contributed by atoms with Gasteiger partial charge in [-0.15, -0.1) is 0 Å². The molecular formula is C9H8N2O2S. The van der Waals surface area contributed by atoms with E-state index in [9.17, 15) is 9.35 Å². The van der Waals surface area contributed by atoms with Crippen molar-refractivity contribution >= 4 is 22.8 Å². The van der Waals surface area contributed by atoms with E-state index < -0.39 is 17.1 Å². The van der Waals surface area contributed by atoms with E-state index >= 15 is 0 Å². The molecule has 0 bridgehead atoms. The summed E-state index contributed by atoms with van der Waals surface area (Å²) in [4.78, 5) is 11.6. The van der Waals surface area contributed by atoms with Gasteiger partial charge in [0.25, 0.3) is 5.91 Å². The van der Waals surface area contributed by atoms with Gasteiger partial charge in [0.05, 0.1) is 11.9 Å². The number of rotatable bonds is 1. The molecule has 0 radical (unpaired) electrons. The van der Waals surface area contributed by atoms with Gasteiger partial charge in [-0.25, -0.2) is 0 Å². The Morgan fingerprint density at radius 3 is 2.86 bits per heavy atom. The number of carbonyl (C=O) groups is 1. The van der Waals surface area contributed by atoms with Crippen LogP contribution in [0.1, 0.15) is 0 Å². The number of primary amides is 1. The Labute approximate surface area is 84.0 Å². The van der Waals surface area contributed by atoms with Crippen molar-refractivity contribution in [3.63, 3.8) is 0 Å². The topological polar surface area (TPSA) is 78.2 Å². The van der Waals surface area contributed by atoms with E-state index in [0.29, 0.717) is 4.90 Å². The lowest BCUT2D eigenvalue weighted by molar-refractivity contribution is -0.113. The summed E-state index contributed by atoms with van der Waals surface area (Å²) in [5, 5.41) is 2.87. The molecule has 1 aromatic rings.